The second-order valence-corrected chi connectivity index (χ2v) is 8.49. The van der Waals surface area contributed by atoms with E-state index in [0.29, 0.717) is 11.5 Å². The molecule has 2 heterocycles. The van der Waals surface area contributed by atoms with Crippen LogP contribution >= 0.6 is 15.9 Å². The first-order chi connectivity index (χ1) is 14.3. The standard InChI is InChI=1S/C24H20BrN5/c1-24(2,27)11-10-15-6-8-16(9-7-15)20-13-19(17-4-3-5-18(25)12-17)21-22(26)28-14-29-23(21)30-20/h3-9,12-14H,27H2,1-2H3,(H2,26,28,29,30). The Labute approximate surface area is 183 Å². The maximum Gasteiger partial charge on any atom is 0.165 e. The zero-order valence-electron chi connectivity index (χ0n) is 16.6. The SMILES string of the molecule is CC(C)(N)C#Cc1ccc(-c2cc(-c3cccc(Br)c3)c3c(N)ncnc3n2)cc1. The first kappa shape index (κ1) is 20.0. The van der Waals surface area contributed by atoms with Crippen molar-refractivity contribution in [1.82, 2.24) is 15.0 Å². The fourth-order valence-corrected chi connectivity index (χ4v) is 3.48. The van der Waals surface area contributed by atoms with Crippen LogP contribution in [0.25, 0.3) is 33.4 Å². The molecule has 148 valence electrons. The molecule has 0 aliphatic heterocycles. The fraction of sp³-hybridized carbons (Fsp3) is 0.125. The van der Waals surface area contributed by atoms with E-state index < -0.39 is 5.54 Å². The first-order valence-electron chi connectivity index (χ1n) is 9.40. The van der Waals surface area contributed by atoms with Gasteiger partial charge in [0.2, 0.25) is 0 Å². The van der Waals surface area contributed by atoms with E-state index in [-0.39, 0.29) is 0 Å². The van der Waals surface area contributed by atoms with E-state index >= 15 is 0 Å². The number of halogens is 1. The molecular formula is C24H20BrN5. The molecule has 4 aromatic rings. The monoisotopic (exact) mass is 457 g/mol. The minimum atomic E-state index is -0.531. The summed E-state index contributed by atoms with van der Waals surface area (Å²) in [6.45, 7) is 3.76. The third-order valence-corrected chi connectivity index (χ3v) is 4.97. The molecule has 2 aromatic heterocycles. The van der Waals surface area contributed by atoms with Crippen molar-refractivity contribution in [2.45, 2.75) is 19.4 Å². The minimum Gasteiger partial charge on any atom is -0.383 e. The molecule has 0 aliphatic carbocycles. The van der Waals surface area contributed by atoms with E-state index in [0.717, 1.165) is 37.8 Å². The van der Waals surface area contributed by atoms with Crippen LogP contribution in [-0.2, 0) is 0 Å². The highest BCUT2D eigenvalue weighted by atomic mass is 79.9. The molecule has 30 heavy (non-hydrogen) atoms. The number of fused-ring (bicyclic) bond motifs is 1. The Morgan fingerprint density at radius 3 is 2.43 bits per heavy atom. The summed E-state index contributed by atoms with van der Waals surface area (Å²) < 4.78 is 0.979. The number of nitrogens with zero attached hydrogens (tertiary/aromatic N) is 3. The summed E-state index contributed by atoms with van der Waals surface area (Å²) in [4.78, 5) is 13.3. The van der Waals surface area contributed by atoms with Gasteiger partial charge in [0.05, 0.1) is 16.6 Å². The van der Waals surface area contributed by atoms with E-state index in [1.807, 2.05) is 68.4 Å². The van der Waals surface area contributed by atoms with Crippen LogP contribution in [0.4, 0.5) is 5.82 Å². The summed E-state index contributed by atoms with van der Waals surface area (Å²) in [5.74, 6) is 6.55. The molecule has 5 nitrogen and oxygen atoms in total. The van der Waals surface area contributed by atoms with Gasteiger partial charge >= 0.3 is 0 Å². The van der Waals surface area contributed by atoms with Crippen molar-refractivity contribution in [3.63, 3.8) is 0 Å². The predicted molar refractivity (Wildman–Crippen MR) is 125 cm³/mol. The number of pyridine rings is 1. The Balaban J connectivity index is 1.85. The highest BCUT2D eigenvalue weighted by Gasteiger charge is 2.14. The molecule has 6 heteroatoms. The van der Waals surface area contributed by atoms with E-state index in [4.69, 9.17) is 16.5 Å². The molecule has 4 rings (SSSR count). The summed E-state index contributed by atoms with van der Waals surface area (Å²) >= 11 is 3.54. The summed E-state index contributed by atoms with van der Waals surface area (Å²) in [5, 5.41) is 0.743. The molecule has 2 aromatic carbocycles. The third kappa shape index (κ3) is 4.33. The number of benzene rings is 2. The smallest absolute Gasteiger partial charge is 0.165 e. The number of hydrogen-bond acceptors (Lipinski definition) is 5. The Morgan fingerprint density at radius 1 is 0.967 bits per heavy atom. The molecule has 0 saturated carbocycles. The normalized spacial score (nSPS) is 11.2. The van der Waals surface area contributed by atoms with Crippen LogP contribution in [0.3, 0.4) is 0 Å². The Morgan fingerprint density at radius 2 is 1.73 bits per heavy atom. The van der Waals surface area contributed by atoms with Crippen molar-refractivity contribution < 1.29 is 0 Å². The van der Waals surface area contributed by atoms with E-state index in [1.54, 1.807) is 0 Å². The lowest BCUT2D eigenvalue weighted by Gasteiger charge is -2.11. The van der Waals surface area contributed by atoms with E-state index in [1.165, 1.54) is 6.33 Å². The van der Waals surface area contributed by atoms with Crippen LogP contribution in [0.1, 0.15) is 19.4 Å². The van der Waals surface area contributed by atoms with Gasteiger partial charge in [-0.05, 0) is 55.3 Å². The Hall–Kier alpha value is -3.27. The molecular weight excluding hydrogens is 438 g/mol. The summed E-state index contributed by atoms with van der Waals surface area (Å²) in [6, 6.07) is 18.0. The second kappa shape index (κ2) is 7.86. The zero-order chi connectivity index (χ0) is 21.3. The molecule has 0 bridgehead atoms. The van der Waals surface area contributed by atoms with Crippen LogP contribution in [0.2, 0.25) is 0 Å². The van der Waals surface area contributed by atoms with Crippen molar-refractivity contribution in [2.24, 2.45) is 5.73 Å². The van der Waals surface area contributed by atoms with Gasteiger partial charge in [-0.25, -0.2) is 15.0 Å². The summed E-state index contributed by atoms with van der Waals surface area (Å²) in [6.07, 6.45) is 1.44. The third-order valence-electron chi connectivity index (χ3n) is 4.48. The molecule has 0 radical (unpaired) electrons. The zero-order valence-corrected chi connectivity index (χ0v) is 18.2. The van der Waals surface area contributed by atoms with Gasteiger partial charge in [-0.2, -0.15) is 0 Å². The summed E-state index contributed by atoms with van der Waals surface area (Å²) in [5.41, 5.74) is 16.8. The highest BCUT2D eigenvalue weighted by Crippen LogP contribution is 2.34. The number of rotatable bonds is 2. The van der Waals surface area contributed by atoms with Gasteiger partial charge in [-0.3, -0.25) is 0 Å². The van der Waals surface area contributed by atoms with Gasteiger partial charge in [0.1, 0.15) is 12.1 Å². The van der Waals surface area contributed by atoms with Gasteiger partial charge in [-0.1, -0.05) is 52.0 Å². The number of nitrogen functional groups attached to an aromatic ring is 1. The predicted octanol–water partition coefficient (Wildman–Crippen LogP) is 4.79. The van der Waals surface area contributed by atoms with Crippen molar-refractivity contribution in [1.29, 1.82) is 0 Å². The number of hydrogen-bond donors (Lipinski definition) is 2. The van der Waals surface area contributed by atoms with Crippen LogP contribution in [0, 0.1) is 11.8 Å². The van der Waals surface area contributed by atoms with Crippen molar-refractivity contribution in [2.75, 3.05) is 5.73 Å². The van der Waals surface area contributed by atoms with Gasteiger partial charge in [0, 0.05) is 15.6 Å². The maximum absolute atomic E-state index is 6.18. The topological polar surface area (TPSA) is 90.7 Å². The van der Waals surface area contributed by atoms with Crippen LogP contribution in [0.5, 0.6) is 0 Å². The van der Waals surface area contributed by atoms with E-state index in [9.17, 15) is 0 Å². The van der Waals surface area contributed by atoms with E-state index in [2.05, 4.69) is 37.7 Å². The highest BCUT2D eigenvalue weighted by molar-refractivity contribution is 9.10. The average Bonchev–Trinajstić information content (AvgIpc) is 2.71. The average molecular weight is 458 g/mol. The van der Waals surface area contributed by atoms with Gasteiger partial charge in [0.25, 0.3) is 0 Å². The van der Waals surface area contributed by atoms with Gasteiger partial charge in [-0.15, -0.1) is 0 Å². The largest absolute Gasteiger partial charge is 0.383 e. The lowest BCUT2D eigenvalue weighted by Crippen LogP contribution is -2.29. The van der Waals surface area contributed by atoms with Gasteiger partial charge < -0.3 is 11.5 Å². The van der Waals surface area contributed by atoms with Crippen LogP contribution < -0.4 is 11.5 Å². The molecule has 0 aliphatic rings. The van der Waals surface area contributed by atoms with Crippen molar-refractivity contribution >= 4 is 32.8 Å². The Bertz CT molecular complexity index is 1300. The van der Waals surface area contributed by atoms with Crippen LogP contribution in [0.15, 0.2) is 65.4 Å². The quantitative estimate of drug-likeness (QED) is 0.422. The number of aromatic nitrogens is 3. The van der Waals surface area contributed by atoms with Crippen molar-refractivity contribution in [3.8, 4) is 34.2 Å². The molecule has 4 N–H and O–H groups in total. The summed E-state index contributed by atoms with van der Waals surface area (Å²) in [7, 11) is 0. The number of nitrogens with two attached hydrogens (primary N) is 2. The molecule has 0 atom stereocenters. The molecule has 0 unspecified atom stereocenters. The maximum atomic E-state index is 6.18. The first-order valence-corrected chi connectivity index (χ1v) is 10.2. The number of anilines is 1. The van der Waals surface area contributed by atoms with Gasteiger partial charge in [0.15, 0.2) is 5.65 Å². The lowest BCUT2D eigenvalue weighted by atomic mass is 9.99. The fourth-order valence-electron chi connectivity index (χ4n) is 3.08. The van der Waals surface area contributed by atoms with Crippen molar-refractivity contribution in [3.05, 3.63) is 71.0 Å². The lowest BCUT2D eigenvalue weighted by molar-refractivity contribution is 0.680. The molecule has 0 fully saturated rings. The minimum absolute atomic E-state index is 0.407. The molecule has 0 amide bonds. The Kier molecular flexibility index (Phi) is 5.25. The molecule has 0 spiro atoms. The van der Waals surface area contributed by atoms with Crippen LogP contribution in [-0.4, -0.2) is 20.5 Å². The second-order valence-electron chi connectivity index (χ2n) is 7.57. The molecule has 0 saturated heterocycles.